The highest BCUT2D eigenvalue weighted by Crippen LogP contribution is 2.34. The molecule has 1 fully saturated rings. The summed E-state index contributed by atoms with van der Waals surface area (Å²) < 4.78 is 0. The van der Waals surface area contributed by atoms with Crippen molar-refractivity contribution in [2.75, 3.05) is 5.73 Å². The van der Waals surface area contributed by atoms with Crippen LogP contribution < -0.4 is 11.1 Å². The van der Waals surface area contributed by atoms with E-state index in [1.807, 2.05) is 24.3 Å². The van der Waals surface area contributed by atoms with E-state index in [4.69, 9.17) is 5.73 Å². The molecule has 0 aliphatic heterocycles. The lowest BCUT2D eigenvalue weighted by Crippen LogP contribution is -2.34. The monoisotopic (exact) mass is 229 g/mol. The molecular formula is C13H15N3O. The average Bonchev–Trinajstić information content (AvgIpc) is 2.84. The highest BCUT2D eigenvalue weighted by molar-refractivity contribution is 6.01. The normalized spacial score (nSPS) is 17.0. The van der Waals surface area contributed by atoms with Gasteiger partial charge in [0.15, 0.2) is 0 Å². The molecule has 4 heteroatoms. The SMILES string of the molecule is CC1(NC(=O)c2cc3cccc(N)c3[nH]2)CC1. The van der Waals surface area contributed by atoms with Gasteiger partial charge in [0.25, 0.3) is 5.91 Å². The molecule has 0 unspecified atom stereocenters. The lowest BCUT2D eigenvalue weighted by atomic mass is 10.2. The number of hydrogen-bond donors (Lipinski definition) is 3. The number of nitrogens with two attached hydrogens (primary N) is 1. The minimum atomic E-state index is -0.0550. The summed E-state index contributed by atoms with van der Waals surface area (Å²) in [7, 11) is 0. The minimum Gasteiger partial charge on any atom is -0.397 e. The Morgan fingerprint density at radius 2 is 2.24 bits per heavy atom. The van der Waals surface area contributed by atoms with Crippen molar-refractivity contribution in [3.8, 4) is 0 Å². The first kappa shape index (κ1) is 10.2. The van der Waals surface area contributed by atoms with Gasteiger partial charge in [0.1, 0.15) is 5.69 Å². The first-order valence-corrected chi connectivity index (χ1v) is 5.77. The zero-order valence-electron chi connectivity index (χ0n) is 9.71. The van der Waals surface area contributed by atoms with Crippen LogP contribution in [0.1, 0.15) is 30.3 Å². The molecule has 1 aliphatic rings. The number of fused-ring (bicyclic) bond motifs is 1. The summed E-state index contributed by atoms with van der Waals surface area (Å²) in [4.78, 5) is 15.1. The maximum absolute atomic E-state index is 12.0. The highest BCUT2D eigenvalue weighted by atomic mass is 16.2. The average molecular weight is 229 g/mol. The van der Waals surface area contributed by atoms with E-state index in [0.29, 0.717) is 11.4 Å². The Bertz CT molecular complexity index is 596. The second kappa shape index (κ2) is 3.26. The van der Waals surface area contributed by atoms with Crippen LogP contribution in [0.3, 0.4) is 0 Å². The number of nitrogen functional groups attached to an aromatic ring is 1. The van der Waals surface area contributed by atoms with E-state index < -0.39 is 0 Å². The summed E-state index contributed by atoms with van der Waals surface area (Å²) in [6.45, 7) is 2.06. The maximum atomic E-state index is 12.0. The molecule has 0 radical (unpaired) electrons. The van der Waals surface area contributed by atoms with Crippen molar-refractivity contribution >= 4 is 22.5 Å². The number of carbonyl (C=O) groups is 1. The van der Waals surface area contributed by atoms with Crippen LogP contribution in [-0.2, 0) is 0 Å². The van der Waals surface area contributed by atoms with Crippen molar-refractivity contribution in [1.29, 1.82) is 0 Å². The molecule has 88 valence electrons. The van der Waals surface area contributed by atoms with Crippen LogP contribution in [0.4, 0.5) is 5.69 Å². The number of anilines is 1. The second-order valence-electron chi connectivity index (χ2n) is 5.01. The third-order valence-corrected chi connectivity index (χ3v) is 3.35. The zero-order chi connectivity index (χ0) is 12.0. The van der Waals surface area contributed by atoms with Crippen molar-refractivity contribution in [2.24, 2.45) is 0 Å². The number of rotatable bonds is 2. The summed E-state index contributed by atoms with van der Waals surface area (Å²) in [5, 5.41) is 3.98. The van der Waals surface area contributed by atoms with Crippen molar-refractivity contribution in [3.05, 3.63) is 30.0 Å². The molecule has 0 spiro atoms. The molecule has 3 rings (SSSR count). The van der Waals surface area contributed by atoms with Crippen molar-refractivity contribution in [2.45, 2.75) is 25.3 Å². The predicted octanol–water partition coefficient (Wildman–Crippen LogP) is 2.03. The summed E-state index contributed by atoms with van der Waals surface area (Å²) >= 11 is 0. The molecule has 1 amide bonds. The third-order valence-electron chi connectivity index (χ3n) is 3.35. The van der Waals surface area contributed by atoms with Gasteiger partial charge in [0, 0.05) is 10.9 Å². The second-order valence-corrected chi connectivity index (χ2v) is 5.01. The van der Waals surface area contributed by atoms with Crippen LogP contribution in [0.15, 0.2) is 24.3 Å². The smallest absolute Gasteiger partial charge is 0.268 e. The number of hydrogen-bond acceptors (Lipinski definition) is 2. The molecule has 1 aromatic carbocycles. The highest BCUT2D eigenvalue weighted by Gasteiger charge is 2.39. The van der Waals surface area contributed by atoms with Crippen LogP contribution in [0, 0.1) is 0 Å². The van der Waals surface area contributed by atoms with E-state index >= 15 is 0 Å². The first-order chi connectivity index (χ1) is 8.07. The van der Waals surface area contributed by atoms with E-state index in [2.05, 4.69) is 17.2 Å². The van der Waals surface area contributed by atoms with Crippen LogP contribution in [0.25, 0.3) is 10.9 Å². The quantitative estimate of drug-likeness (QED) is 0.689. The number of amides is 1. The molecule has 1 heterocycles. The Morgan fingerprint density at radius 3 is 2.88 bits per heavy atom. The Morgan fingerprint density at radius 1 is 1.47 bits per heavy atom. The van der Waals surface area contributed by atoms with Gasteiger partial charge < -0.3 is 16.0 Å². The summed E-state index contributed by atoms with van der Waals surface area (Å²) in [5.41, 5.74) is 7.92. The number of para-hydroxylation sites is 1. The standard InChI is InChI=1S/C13H15N3O/c1-13(5-6-13)16-12(17)10-7-8-3-2-4-9(14)11(8)15-10/h2-4,7,15H,5-6,14H2,1H3,(H,16,17). The molecule has 1 aliphatic carbocycles. The number of H-pyrrole nitrogens is 1. The van der Waals surface area contributed by atoms with Crippen molar-refractivity contribution in [1.82, 2.24) is 10.3 Å². The van der Waals surface area contributed by atoms with Gasteiger partial charge in [-0.2, -0.15) is 0 Å². The van der Waals surface area contributed by atoms with Gasteiger partial charge in [0.2, 0.25) is 0 Å². The number of aromatic amines is 1. The summed E-state index contributed by atoms with van der Waals surface area (Å²) in [5.74, 6) is -0.0550. The zero-order valence-corrected chi connectivity index (χ0v) is 9.71. The van der Waals surface area contributed by atoms with Gasteiger partial charge in [0.05, 0.1) is 11.2 Å². The number of aromatic nitrogens is 1. The molecule has 2 aromatic rings. The van der Waals surface area contributed by atoms with Gasteiger partial charge in [-0.15, -0.1) is 0 Å². The third kappa shape index (κ3) is 1.75. The fourth-order valence-corrected chi connectivity index (χ4v) is 1.96. The Hall–Kier alpha value is -1.97. The number of carbonyl (C=O) groups excluding carboxylic acids is 1. The molecule has 0 atom stereocenters. The molecule has 4 N–H and O–H groups in total. The van der Waals surface area contributed by atoms with Gasteiger partial charge in [-0.3, -0.25) is 4.79 Å². The van der Waals surface area contributed by atoms with Crippen molar-refractivity contribution < 1.29 is 4.79 Å². The van der Waals surface area contributed by atoms with Crippen LogP contribution >= 0.6 is 0 Å². The maximum Gasteiger partial charge on any atom is 0.268 e. The lowest BCUT2D eigenvalue weighted by Gasteiger charge is -2.09. The summed E-state index contributed by atoms with van der Waals surface area (Å²) in [6.07, 6.45) is 2.11. The molecular weight excluding hydrogens is 214 g/mol. The van der Waals surface area contributed by atoms with E-state index in [9.17, 15) is 4.79 Å². The topological polar surface area (TPSA) is 70.9 Å². The molecule has 0 bridgehead atoms. The largest absolute Gasteiger partial charge is 0.397 e. The fraction of sp³-hybridized carbons (Fsp3) is 0.308. The van der Waals surface area contributed by atoms with E-state index in [-0.39, 0.29) is 11.4 Å². The predicted molar refractivity (Wildman–Crippen MR) is 67.8 cm³/mol. The van der Waals surface area contributed by atoms with E-state index in [1.54, 1.807) is 0 Å². The van der Waals surface area contributed by atoms with Crippen LogP contribution in [-0.4, -0.2) is 16.4 Å². The van der Waals surface area contributed by atoms with Crippen LogP contribution in [0.2, 0.25) is 0 Å². The minimum absolute atomic E-state index is 0.0000769. The van der Waals surface area contributed by atoms with E-state index in [1.165, 1.54) is 0 Å². The Labute approximate surface area is 99.2 Å². The molecule has 1 saturated carbocycles. The Balaban J connectivity index is 1.95. The number of benzene rings is 1. The fourth-order valence-electron chi connectivity index (χ4n) is 1.96. The van der Waals surface area contributed by atoms with Crippen LogP contribution in [0.5, 0.6) is 0 Å². The molecule has 0 saturated heterocycles. The van der Waals surface area contributed by atoms with E-state index in [0.717, 1.165) is 23.7 Å². The van der Waals surface area contributed by atoms with Gasteiger partial charge in [-0.1, -0.05) is 12.1 Å². The summed E-state index contributed by atoms with van der Waals surface area (Å²) in [6, 6.07) is 7.49. The van der Waals surface area contributed by atoms with Gasteiger partial charge >= 0.3 is 0 Å². The van der Waals surface area contributed by atoms with Gasteiger partial charge in [-0.05, 0) is 31.9 Å². The molecule has 4 nitrogen and oxygen atoms in total. The lowest BCUT2D eigenvalue weighted by molar-refractivity contribution is 0.0931. The van der Waals surface area contributed by atoms with Gasteiger partial charge in [-0.25, -0.2) is 0 Å². The molecule has 17 heavy (non-hydrogen) atoms. The molecule has 1 aromatic heterocycles. The first-order valence-electron chi connectivity index (χ1n) is 5.77. The van der Waals surface area contributed by atoms with Crippen molar-refractivity contribution in [3.63, 3.8) is 0 Å². The number of nitrogens with one attached hydrogen (secondary N) is 2. The Kier molecular flexibility index (Phi) is 1.96.